The lowest BCUT2D eigenvalue weighted by Crippen LogP contribution is -2.30. The first-order chi connectivity index (χ1) is 9.47. The van der Waals surface area contributed by atoms with Crippen LogP contribution < -0.4 is 4.74 Å². The third-order valence-electron chi connectivity index (χ3n) is 2.86. The van der Waals surface area contributed by atoms with Crippen molar-refractivity contribution < 1.29 is 19.0 Å². The zero-order valence-electron chi connectivity index (χ0n) is 12.9. The first-order valence-corrected chi connectivity index (χ1v) is 6.93. The maximum Gasteiger partial charge on any atom is 0.335 e. The largest absolute Gasteiger partial charge is 0.494 e. The van der Waals surface area contributed by atoms with Gasteiger partial charge in [0.1, 0.15) is 5.75 Å². The van der Waals surface area contributed by atoms with Gasteiger partial charge in [-0.3, -0.25) is 0 Å². The van der Waals surface area contributed by atoms with Crippen LogP contribution in [0.25, 0.3) is 0 Å². The van der Waals surface area contributed by atoms with E-state index in [1.165, 1.54) is 7.11 Å². The molecule has 0 bridgehead atoms. The Kier molecular flexibility index (Phi) is 6.52. The molecule has 0 saturated carbocycles. The molecule has 1 aromatic carbocycles. The molecule has 0 fully saturated rings. The average Bonchev–Trinajstić information content (AvgIpc) is 2.40. The third kappa shape index (κ3) is 4.85. The highest BCUT2D eigenvalue weighted by atomic mass is 16.6. The zero-order valence-corrected chi connectivity index (χ0v) is 12.9. The fourth-order valence-electron chi connectivity index (χ4n) is 2.02. The molecule has 1 aromatic rings. The lowest BCUT2D eigenvalue weighted by Gasteiger charge is -2.19. The second kappa shape index (κ2) is 7.90. The Morgan fingerprint density at radius 2 is 2.00 bits per heavy atom. The van der Waals surface area contributed by atoms with Crippen molar-refractivity contribution in [3.05, 3.63) is 29.3 Å². The van der Waals surface area contributed by atoms with E-state index in [1.807, 2.05) is 45.9 Å². The van der Waals surface area contributed by atoms with Gasteiger partial charge in [-0.25, -0.2) is 4.79 Å². The van der Waals surface area contributed by atoms with Gasteiger partial charge < -0.3 is 14.2 Å². The summed E-state index contributed by atoms with van der Waals surface area (Å²) in [4.78, 5) is 11.7. The number of rotatable bonds is 7. The number of methoxy groups -OCH3 is 1. The molecule has 112 valence electrons. The maximum atomic E-state index is 11.7. The van der Waals surface area contributed by atoms with Crippen LogP contribution in [-0.2, 0) is 20.7 Å². The Morgan fingerprint density at radius 1 is 1.30 bits per heavy atom. The highest BCUT2D eigenvalue weighted by Gasteiger charge is 2.22. The van der Waals surface area contributed by atoms with Crippen LogP contribution in [0.2, 0.25) is 0 Å². The van der Waals surface area contributed by atoms with E-state index in [4.69, 9.17) is 14.2 Å². The molecule has 1 atom stereocenters. The minimum absolute atomic E-state index is 0.0251. The third-order valence-corrected chi connectivity index (χ3v) is 2.86. The summed E-state index contributed by atoms with van der Waals surface area (Å²) in [6, 6.07) is 5.90. The van der Waals surface area contributed by atoms with Crippen LogP contribution in [0.3, 0.4) is 0 Å². The van der Waals surface area contributed by atoms with E-state index in [1.54, 1.807) is 0 Å². The fraction of sp³-hybridized carbons (Fsp3) is 0.562. The van der Waals surface area contributed by atoms with Gasteiger partial charge in [-0.1, -0.05) is 12.1 Å². The molecule has 4 nitrogen and oxygen atoms in total. The summed E-state index contributed by atoms with van der Waals surface area (Å²) in [5.74, 6) is 0.529. The number of hydrogen-bond acceptors (Lipinski definition) is 4. The lowest BCUT2D eigenvalue weighted by molar-refractivity contribution is -0.156. The predicted molar refractivity (Wildman–Crippen MR) is 78.1 cm³/mol. The van der Waals surface area contributed by atoms with Crippen molar-refractivity contribution in [2.24, 2.45) is 0 Å². The second-order valence-corrected chi connectivity index (χ2v) is 4.93. The highest BCUT2D eigenvalue weighted by molar-refractivity contribution is 5.75. The van der Waals surface area contributed by atoms with Crippen molar-refractivity contribution in [3.8, 4) is 5.75 Å². The van der Waals surface area contributed by atoms with Crippen LogP contribution >= 0.6 is 0 Å². The molecule has 0 radical (unpaired) electrons. The van der Waals surface area contributed by atoms with Gasteiger partial charge in [-0.15, -0.1) is 0 Å². The number of ether oxygens (including phenoxy) is 3. The van der Waals surface area contributed by atoms with Crippen molar-refractivity contribution in [3.63, 3.8) is 0 Å². The lowest BCUT2D eigenvalue weighted by atomic mass is 10.0. The van der Waals surface area contributed by atoms with E-state index in [2.05, 4.69) is 0 Å². The summed E-state index contributed by atoms with van der Waals surface area (Å²) in [6.07, 6.45) is -0.0989. The molecule has 0 aliphatic carbocycles. The number of hydrogen-bond donors (Lipinski definition) is 0. The van der Waals surface area contributed by atoms with Gasteiger partial charge in [-0.05, 0) is 44.9 Å². The molecule has 4 heteroatoms. The second-order valence-electron chi connectivity index (χ2n) is 4.93. The maximum absolute atomic E-state index is 11.7. The van der Waals surface area contributed by atoms with Crippen molar-refractivity contribution >= 4 is 5.97 Å². The SMILES string of the molecule is CCOc1ccc(CC(OC(C)C)C(=O)OC)cc1C. The van der Waals surface area contributed by atoms with Crippen molar-refractivity contribution in [1.29, 1.82) is 0 Å². The Labute approximate surface area is 121 Å². The minimum Gasteiger partial charge on any atom is -0.494 e. The van der Waals surface area contributed by atoms with Gasteiger partial charge in [0.25, 0.3) is 0 Å². The molecule has 0 aliphatic heterocycles. The van der Waals surface area contributed by atoms with E-state index < -0.39 is 6.10 Å². The summed E-state index contributed by atoms with van der Waals surface area (Å²) in [6.45, 7) is 8.39. The van der Waals surface area contributed by atoms with Crippen LogP contribution in [0.4, 0.5) is 0 Å². The summed E-state index contributed by atoms with van der Waals surface area (Å²) < 4.78 is 15.9. The first-order valence-electron chi connectivity index (χ1n) is 6.93. The summed E-state index contributed by atoms with van der Waals surface area (Å²) in [5, 5.41) is 0. The van der Waals surface area contributed by atoms with E-state index >= 15 is 0 Å². The quantitative estimate of drug-likeness (QED) is 0.720. The highest BCUT2D eigenvalue weighted by Crippen LogP contribution is 2.20. The molecular formula is C16H24O4. The van der Waals surface area contributed by atoms with Crippen molar-refractivity contribution in [2.45, 2.75) is 46.3 Å². The van der Waals surface area contributed by atoms with Crippen LogP contribution in [0.1, 0.15) is 31.9 Å². The molecular weight excluding hydrogens is 256 g/mol. The van der Waals surface area contributed by atoms with E-state index in [-0.39, 0.29) is 12.1 Å². The minimum atomic E-state index is -0.572. The normalized spacial score (nSPS) is 12.3. The molecule has 0 heterocycles. The topological polar surface area (TPSA) is 44.8 Å². The van der Waals surface area contributed by atoms with Crippen molar-refractivity contribution in [2.75, 3.05) is 13.7 Å². The molecule has 0 amide bonds. The van der Waals surface area contributed by atoms with E-state index in [0.717, 1.165) is 16.9 Å². The standard InChI is InChI=1S/C16H24O4/c1-6-19-14-8-7-13(9-12(14)4)10-15(16(17)18-5)20-11(2)3/h7-9,11,15H,6,10H2,1-5H3. The number of carbonyl (C=O) groups is 1. The number of benzene rings is 1. The molecule has 1 rings (SSSR count). The Hall–Kier alpha value is -1.55. The molecule has 0 spiro atoms. The molecule has 0 aliphatic rings. The van der Waals surface area contributed by atoms with Crippen LogP contribution in [-0.4, -0.2) is 31.9 Å². The van der Waals surface area contributed by atoms with Crippen molar-refractivity contribution in [1.82, 2.24) is 0 Å². The van der Waals surface area contributed by atoms with Gasteiger partial charge >= 0.3 is 5.97 Å². The molecule has 0 N–H and O–H groups in total. The number of carbonyl (C=O) groups excluding carboxylic acids is 1. The zero-order chi connectivity index (χ0) is 15.1. The van der Waals surface area contributed by atoms with E-state index in [0.29, 0.717) is 13.0 Å². The molecule has 0 saturated heterocycles. The Bertz CT molecular complexity index is 440. The van der Waals surface area contributed by atoms with E-state index in [9.17, 15) is 4.79 Å². The smallest absolute Gasteiger partial charge is 0.335 e. The Morgan fingerprint density at radius 3 is 2.50 bits per heavy atom. The predicted octanol–water partition coefficient (Wildman–Crippen LogP) is 2.90. The summed E-state index contributed by atoms with van der Waals surface area (Å²) >= 11 is 0. The molecule has 0 aromatic heterocycles. The van der Waals surface area contributed by atoms with Gasteiger partial charge in [0.05, 0.1) is 19.8 Å². The van der Waals surface area contributed by atoms with Gasteiger partial charge in [0, 0.05) is 6.42 Å². The number of esters is 1. The van der Waals surface area contributed by atoms with Gasteiger partial charge in [0.15, 0.2) is 6.10 Å². The summed E-state index contributed by atoms with van der Waals surface area (Å²) in [7, 11) is 1.38. The van der Waals surface area contributed by atoms with Gasteiger partial charge in [0.2, 0.25) is 0 Å². The fourth-order valence-corrected chi connectivity index (χ4v) is 2.02. The first kappa shape index (κ1) is 16.5. The molecule has 20 heavy (non-hydrogen) atoms. The number of aryl methyl sites for hydroxylation is 1. The molecule has 1 unspecified atom stereocenters. The monoisotopic (exact) mass is 280 g/mol. The van der Waals surface area contributed by atoms with Crippen LogP contribution in [0.15, 0.2) is 18.2 Å². The van der Waals surface area contributed by atoms with Gasteiger partial charge in [-0.2, -0.15) is 0 Å². The summed E-state index contributed by atoms with van der Waals surface area (Å²) in [5.41, 5.74) is 2.08. The van der Waals surface area contributed by atoms with Crippen LogP contribution in [0, 0.1) is 6.92 Å². The average molecular weight is 280 g/mol. The van der Waals surface area contributed by atoms with Crippen LogP contribution in [0.5, 0.6) is 5.75 Å². The Balaban J connectivity index is 2.82.